The average Bonchev–Trinajstić information content (AvgIpc) is 3.15. The molecule has 0 aliphatic carbocycles. The standard InChI is InChI=1S/C46H69N5O5Si/c1-32(2)41(43(53)51-27-23-38(47-9)24-28-51)50-42(52)37(29-34-17-19-35(20-18-34)36-21-25-48-26-22-36)31-40(56-57(10,11)46(6,7)8)39(30-33-15-13-12-14-16-33)49-44(54)55-45(3,4)5/h12-22,25-26,32,37-41,47H,23-24,27-31H2,1-11H3,(H,49,54)(H,50,52)/t37?,39?,40?,41-/m0/s1. The lowest BCUT2D eigenvalue weighted by Crippen LogP contribution is -2.56. The molecule has 0 spiro atoms. The second kappa shape index (κ2) is 20.1. The molecule has 3 amide bonds. The first-order valence-corrected chi connectivity index (χ1v) is 23.6. The molecule has 4 atom stereocenters. The molecule has 0 saturated carbocycles. The lowest BCUT2D eigenvalue weighted by Gasteiger charge is -2.42. The molecule has 3 N–H and O–H groups in total. The molecule has 1 saturated heterocycles. The number of likely N-dealkylation sites (tertiary alicyclic amines) is 1. The van der Waals surface area contributed by atoms with Crippen LogP contribution in [0.5, 0.6) is 0 Å². The summed E-state index contributed by atoms with van der Waals surface area (Å²) in [5.41, 5.74) is 3.42. The van der Waals surface area contributed by atoms with Gasteiger partial charge in [-0.3, -0.25) is 14.6 Å². The maximum atomic E-state index is 14.9. The van der Waals surface area contributed by atoms with E-state index < -0.39 is 44.1 Å². The first-order chi connectivity index (χ1) is 26.8. The molecule has 312 valence electrons. The van der Waals surface area contributed by atoms with Crippen molar-refractivity contribution in [3.63, 3.8) is 0 Å². The first kappa shape index (κ1) is 45.6. The minimum absolute atomic E-state index is 0.0454. The summed E-state index contributed by atoms with van der Waals surface area (Å²) < 4.78 is 13.1. The molecule has 11 heteroatoms. The van der Waals surface area contributed by atoms with Crippen molar-refractivity contribution >= 4 is 26.2 Å². The molecule has 1 fully saturated rings. The van der Waals surface area contributed by atoms with Crippen LogP contribution in [0.3, 0.4) is 0 Å². The molecule has 57 heavy (non-hydrogen) atoms. The Balaban J connectivity index is 1.75. The van der Waals surface area contributed by atoms with E-state index in [1.165, 1.54) is 0 Å². The van der Waals surface area contributed by atoms with Crippen molar-refractivity contribution in [3.05, 3.63) is 90.3 Å². The highest BCUT2D eigenvalue weighted by Crippen LogP contribution is 2.39. The number of benzene rings is 2. The summed E-state index contributed by atoms with van der Waals surface area (Å²) >= 11 is 0. The number of nitrogens with one attached hydrogen (secondary N) is 3. The number of amides is 3. The van der Waals surface area contributed by atoms with E-state index in [2.05, 4.69) is 79.1 Å². The number of hydrogen-bond donors (Lipinski definition) is 3. The van der Waals surface area contributed by atoms with Gasteiger partial charge in [0.1, 0.15) is 11.6 Å². The van der Waals surface area contributed by atoms with Crippen molar-refractivity contribution in [2.75, 3.05) is 20.1 Å². The number of pyridine rings is 1. The van der Waals surface area contributed by atoms with E-state index in [0.717, 1.165) is 35.1 Å². The topological polar surface area (TPSA) is 122 Å². The van der Waals surface area contributed by atoms with Crippen molar-refractivity contribution in [1.29, 1.82) is 0 Å². The van der Waals surface area contributed by atoms with Gasteiger partial charge in [-0.05, 0) is 118 Å². The van der Waals surface area contributed by atoms with Crippen molar-refractivity contribution < 1.29 is 23.5 Å². The number of alkyl carbamates (subject to hydrolysis) is 1. The van der Waals surface area contributed by atoms with Crippen LogP contribution in [0, 0.1) is 11.8 Å². The fourth-order valence-electron chi connectivity index (χ4n) is 7.05. The Morgan fingerprint density at radius 2 is 1.40 bits per heavy atom. The van der Waals surface area contributed by atoms with Gasteiger partial charge in [-0.15, -0.1) is 0 Å². The highest BCUT2D eigenvalue weighted by atomic mass is 28.4. The van der Waals surface area contributed by atoms with Gasteiger partial charge >= 0.3 is 6.09 Å². The molecule has 3 unspecified atom stereocenters. The van der Waals surface area contributed by atoms with Crippen molar-refractivity contribution in [2.24, 2.45) is 11.8 Å². The third-order valence-corrected chi connectivity index (χ3v) is 16.0. The third kappa shape index (κ3) is 13.8. The number of aromatic nitrogens is 1. The van der Waals surface area contributed by atoms with Crippen LogP contribution in [-0.4, -0.2) is 86.1 Å². The van der Waals surface area contributed by atoms with Gasteiger partial charge in [0.2, 0.25) is 11.8 Å². The normalized spacial score (nSPS) is 16.4. The number of piperidine rings is 1. The summed E-state index contributed by atoms with van der Waals surface area (Å²) in [6, 6.07) is 21.4. The molecule has 1 aliphatic heterocycles. The van der Waals surface area contributed by atoms with Crippen LogP contribution in [0.15, 0.2) is 79.1 Å². The highest BCUT2D eigenvalue weighted by molar-refractivity contribution is 6.74. The van der Waals surface area contributed by atoms with Gasteiger partial charge in [-0.25, -0.2) is 4.79 Å². The number of carbonyl (C=O) groups is 3. The van der Waals surface area contributed by atoms with Crippen molar-refractivity contribution in [2.45, 2.75) is 135 Å². The van der Waals surface area contributed by atoms with Crippen LogP contribution < -0.4 is 16.0 Å². The Bertz CT molecular complexity index is 1720. The van der Waals surface area contributed by atoms with Crippen molar-refractivity contribution in [3.8, 4) is 11.1 Å². The molecule has 0 radical (unpaired) electrons. The van der Waals surface area contributed by atoms with Gasteiger partial charge in [0.25, 0.3) is 0 Å². The van der Waals surface area contributed by atoms with E-state index in [0.29, 0.717) is 38.4 Å². The zero-order chi connectivity index (χ0) is 42.0. The summed E-state index contributed by atoms with van der Waals surface area (Å²) in [6.45, 7) is 21.8. The van der Waals surface area contributed by atoms with Crippen LogP contribution in [0.25, 0.3) is 11.1 Å². The van der Waals surface area contributed by atoms with Crippen LogP contribution in [0.1, 0.15) is 85.8 Å². The van der Waals surface area contributed by atoms with Crippen LogP contribution >= 0.6 is 0 Å². The third-order valence-electron chi connectivity index (χ3n) is 11.5. The second-order valence-electron chi connectivity index (χ2n) is 18.5. The smallest absolute Gasteiger partial charge is 0.407 e. The molecule has 4 rings (SSSR count). The number of nitrogens with zero attached hydrogens (tertiary/aromatic N) is 2. The highest BCUT2D eigenvalue weighted by Gasteiger charge is 2.43. The second-order valence-corrected chi connectivity index (χ2v) is 23.3. The van der Waals surface area contributed by atoms with Gasteiger partial charge in [-0.2, -0.15) is 0 Å². The van der Waals surface area contributed by atoms with E-state index in [1.807, 2.05) is 89.0 Å². The summed E-state index contributed by atoms with van der Waals surface area (Å²) in [7, 11) is -0.519. The van der Waals surface area contributed by atoms with Crippen molar-refractivity contribution in [1.82, 2.24) is 25.8 Å². The fraction of sp³-hybridized carbons (Fsp3) is 0.565. The Hall–Kier alpha value is -4.06. The average molecular weight is 800 g/mol. The summed E-state index contributed by atoms with van der Waals surface area (Å²) in [5, 5.41) is 9.63. The molecule has 2 heterocycles. The Morgan fingerprint density at radius 1 is 0.825 bits per heavy atom. The summed E-state index contributed by atoms with van der Waals surface area (Å²) in [4.78, 5) is 48.6. The monoisotopic (exact) mass is 800 g/mol. The molecule has 2 aromatic carbocycles. The molecule has 3 aromatic rings. The van der Waals surface area contributed by atoms with Crippen LogP contribution in [0.2, 0.25) is 18.1 Å². The van der Waals surface area contributed by atoms with Gasteiger partial charge in [0, 0.05) is 37.4 Å². The van der Waals surface area contributed by atoms with E-state index in [4.69, 9.17) is 9.16 Å². The lowest BCUT2D eigenvalue weighted by atomic mass is 9.87. The number of rotatable bonds is 16. The fourth-order valence-corrected chi connectivity index (χ4v) is 8.42. The van der Waals surface area contributed by atoms with E-state index >= 15 is 0 Å². The summed E-state index contributed by atoms with van der Waals surface area (Å²) in [6.07, 6.45) is 5.41. The molecule has 10 nitrogen and oxygen atoms in total. The Kier molecular flexibility index (Phi) is 16.1. The quantitative estimate of drug-likeness (QED) is 0.125. The number of carbonyl (C=O) groups excluding carboxylic acids is 3. The van der Waals surface area contributed by atoms with Crippen LogP contribution in [-0.2, 0) is 31.6 Å². The van der Waals surface area contributed by atoms with Gasteiger partial charge in [-0.1, -0.05) is 89.2 Å². The maximum absolute atomic E-state index is 14.9. The molecule has 1 aromatic heterocycles. The minimum Gasteiger partial charge on any atom is -0.444 e. The van der Waals surface area contributed by atoms with Gasteiger partial charge in [0.15, 0.2) is 8.32 Å². The zero-order valence-corrected chi connectivity index (χ0v) is 37.4. The number of ether oxygens (including phenoxy) is 1. The van der Waals surface area contributed by atoms with Gasteiger partial charge in [0.05, 0.1) is 12.1 Å². The van der Waals surface area contributed by atoms with E-state index in [-0.39, 0.29) is 22.8 Å². The molecule has 0 bridgehead atoms. The summed E-state index contributed by atoms with van der Waals surface area (Å²) in [5.74, 6) is -0.960. The minimum atomic E-state index is -2.48. The predicted molar refractivity (Wildman–Crippen MR) is 232 cm³/mol. The van der Waals surface area contributed by atoms with Gasteiger partial charge < -0.3 is 30.0 Å². The van der Waals surface area contributed by atoms with E-state index in [9.17, 15) is 14.4 Å². The van der Waals surface area contributed by atoms with Crippen LogP contribution in [0.4, 0.5) is 4.79 Å². The molecular formula is C46H69N5O5Si. The lowest BCUT2D eigenvalue weighted by molar-refractivity contribution is -0.139. The predicted octanol–water partition coefficient (Wildman–Crippen LogP) is 8.18. The number of hydrogen-bond acceptors (Lipinski definition) is 7. The molecule has 1 aliphatic rings. The largest absolute Gasteiger partial charge is 0.444 e. The maximum Gasteiger partial charge on any atom is 0.407 e. The first-order valence-electron chi connectivity index (χ1n) is 20.7. The SMILES string of the molecule is CNC1CCN(C(=O)[C@@H](NC(=O)C(Cc2ccc(-c3ccncc3)cc2)CC(O[Si](C)(C)C(C)(C)C)C(Cc2ccccc2)NC(=O)OC(C)(C)C)C(C)C)CC1. The van der Waals surface area contributed by atoms with E-state index in [1.54, 1.807) is 12.4 Å². The molecular weight excluding hydrogens is 731 g/mol. The zero-order valence-electron chi connectivity index (χ0n) is 36.4. The Morgan fingerprint density at radius 3 is 1.95 bits per heavy atom. The Labute approximate surface area is 343 Å².